The smallest absolute Gasteiger partial charge is 0.274 e. The van der Waals surface area contributed by atoms with E-state index in [1.165, 1.54) is 0 Å². The van der Waals surface area contributed by atoms with E-state index >= 15 is 0 Å². The zero-order valence-electron chi connectivity index (χ0n) is 19.5. The first-order chi connectivity index (χ1) is 16.5. The number of methoxy groups -OCH3 is 1. The monoisotopic (exact) mass is 482 g/mol. The summed E-state index contributed by atoms with van der Waals surface area (Å²) in [4.78, 5) is 27.5. The van der Waals surface area contributed by atoms with E-state index in [0.717, 1.165) is 42.6 Å². The molecular formula is C26H31ClN4O3. The molecule has 1 aromatic heterocycles. The molecule has 1 aliphatic rings. The van der Waals surface area contributed by atoms with Crippen LogP contribution in [0.5, 0.6) is 0 Å². The number of hydrogen-bond acceptors (Lipinski definition) is 5. The van der Waals surface area contributed by atoms with Crippen LogP contribution in [0.25, 0.3) is 10.8 Å². The Balaban J connectivity index is 1.50. The Morgan fingerprint density at radius 1 is 1.18 bits per heavy atom. The van der Waals surface area contributed by atoms with Crippen LogP contribution in [0.4, 0.5) is 0 Å². The van der Waals surface area contributed by atoms with Crippen LogP contribution in [0.2, 0.25) is 5.02 Å². The Labute approximate surface area is 204 Å². The molecule has 0 radical (unpaired) electrons. The standard InChI is InChI=1S/C26H31ClN4O3/c1-34-16-12-25(32)28-13-15-30-14-4-5-21(30)18-31-26(33)23-7-3-2-6-22(23)24(29-31)17-19-8-10-20(27)11-9-19/h2-3,6-11,21H,4-5,12-18H2,1H3,(H,28,32). The van der Waals surface area contributed by atoms with Gasteiger partial charge < -0.3 is 10.1 Å². The topological polar surface area (TPSA) is 76.5 Å². The molecule has 4 rings (SSSR count). The summed E-state index contributed by atoms with van der Waals surface area (Å²) >= 11 is 6.05. The van der Waals surface area contributed by atoms with Crippen LogP contribution in [0, 0.1) is 0 Å². The lowest BCUT2D eigenvalue weighted by atomic mass is 10.0. The second kappa shape index (κ2) is 11.6. The molecule has 7 nitrogen and oxygen atoms in total. The number of carbonyl (C=O) groups excluding carboxylic acids is 1. The van der Waals surface area contributed by atoms with E-state index < -0.39 is 0 Å². The Hall–Kier alpha value is -2.74. The lowest BCUT2D eigenvalue weighted by Crippen LogP contribution is -2.41. The molecule has 1 unspecified atom stereocenters. The van der Waals surface area contributed by atoms with Gasteiger partial charge >= 0.3 is 0 Å². The van der Waals surface area contributed by atoms with Crippen LogP contribution < -0.4 is 10.9 Å². The molecule has 1 atom stereocenters. The molecule has 2 heterocycles. The molecule has 3 aromatic rings. The molecule has 0 aliphatic carbocycles. The van der Waals surface area contributed by atoms with Gasteiger partial charge in [-0.25, -0.2) is 4.68 Å². The van der Waals surface area contributed by atoms with Crippen molar-refractivity contribution in [3.05, 3.63) is 75.2 Å². The van der Waals surface area contributed by atoms with Gasteiger partial charge in [-0.15, -0.1) is 0 Å². The van der Waals surface area contributed by atoms with E-state index in [2.05, 4.69) is 10.2 Å². The van der Waals surface area contributed by atoms with Crippen molar-refractivity contribution in [3.63, 3.8) is 0 Å². The third-order valence-corrected chi connectivity index (χ3v) is 6.62. The number of rotatable bonds is 10. The van der Waals surface area contributed by atoms with Gasteiger partial charge in [0.1, 0.15) is 0 Å². The van der Waals surface area contributed by atoms with E-state index in [4.69, 9.17) is 21.4 Å². The number of nitrogens with one attached hydrogen (secondary N) is 1. The lowest BCUT2D eigenvalue weighted by molar-refractivity contribution is -0.122. The summed E-state index contributed by atoms with van der Waals surface area (Å²) in [6.45, 7) is 3.25. The average Bonchev–Trinajstić information content (AvgIpc) is 3.29. The van der Waals surface area contributed by atoms with Gasteiger partial charge in [-0.1, -0.05) is 41.9 Å². The van der Waals surface area contributed by atoms with E-state index in [-0.39, 0.29) is 17.5 Å². The molecule has 1 N–H and O–H groups in total. The van der Waals surface area contributed by atoms with E-state index in [0.29, 0.717) is 42.9 Å². The van der Waals surface area contributed by atoms with Gasteiger partial charge in [0.15, 0.2) is 0 Å². The molecule has 1 amide bonds. The number of aromatic nitrogens is 2. The molecule has 8 heteroatoms. The third-order valence-electron chi connectivity index (χ3n) is 6.37. The normalized spacial score (nSPS) is 16.2. The Morgan fingerprint density at radius 2 is 1.94 bits per heavy atom. The summed E-state index contributed by atoms with van der Waals surface area (Å²) in [6.07, 6.45) is 3.07. The lowest BCUT2D eigenvalue weighted by Gasteiger charge is -2.25. The number of carbonyl (C=O) groups is 1. The van der Waals surface area contributed by atoms with Crippen LogP contribution in [-0.4, -0.2) is 60.0 Å². The number of fused-ring (bicyclic) bond motifs is 1. The fourth-order valence-electron chi connectivity index (χ4n) is 4.57. The van der Waals surface area contributed by atoms with E-state index in [1.807, 2.05) is 48.5 Å². The van der Waals surface area contributed by atoms with E-state index in [1.54, 1.807) is 11.8 Å². The van der Waals surface area contributed by atoms with Crippen LogP contribution in [0.3, 0.4) is 0 Å². The van der Waals surface area contributed by atoms with Crippen molar-refractivity contribution in [2.75, 3.05) is 33.4 Å². The number of likely N-dealkylation sites (tertiary alicyclic amines) is 1. The molecule has 1 fully saturated rings. The number of hydrogen-bond donors (Lipinski definition) is 1. The van der Waals surface area contributed by atoms with E-state index in [9.17, 15) is 9.59 Å². The predicted molar refractivity (Wildman–Crippen MR) is 134 cm³/mol. The highest BCUT2D eigenvalue weighted by Gasteiger charge is 2.26. The summed E-state index contributed by atoms with van der Waals surface area (Å²) < 4.78 is 6.59. The number of nitrogens with zero attached hydrogens (tertiary/aromatic N) is 3. The predicted octanol–water partition coefficient (Wildman–Crippen LogP) is 3.26. The van der Waals surface area contributed by atoms with Crippen LogP contribution in [-0.2, 0) is 22.5 Å². The number of benzene rings is 2. The summed E-state index contributed by atoms with van der Waals surface area (Å²) in [5.74, 6) is -0.00291. The van der Waals surface area contributed by atoms with Crippen molar-refractivity contribution in [2.24, 2.45) is 0 Å². The minimum Gasteiger partial charge on any atom is -0.384 e. The van der Waals surface area contributed by atoms with Crippen molar-refractivity contribution in [3.8, 4) is 0 Å². The van der Waals surface area contributed by atoms with Gasteiger partial charge in [0.05, 0.1) is 24.2 Å². The van der Waals surface area contributed by atoms with Gasteiger partial charge in [0.25, 0.3) is 5.56 Å². The zero-order chi connectivity index (χ0) is 23.9. The average molecular weight is 483 g/mol. The maximum atomic E-state index is 13.3. The molecule has 1 saturated heterocycles. The summed E-state index contributed by atoms with van der Waals surface area (Å²) in [5, 5.41) is 10.0. The van der Waals surface area contributed by atoms with Gasteiger partial charge in [-0.05, 0) is 43.1 Å². The van der Waals surface area contributed by atoms with Gasteiger partial charge in [0, 0.05) is 49.5 Å². The van der Waals surface area contributed by atoms with Crippen molar-refractivity contribution < 1.29 is 9.53 Å². The first-order valence-corrected chi connectivity index (χ1v) is 12.2. The van der Waals surface area contributed by atoms with Gasteiger partial charge in [-0.2, -0.15) is 5.10 Å². The quantitative estimate of drug-likeness (QED) is 0.480. The van der Waals surface area contributed by atoms with Gasteiger partial charge in [0.2, 0.25) is 5.91 Å². The maximum Gasteiger partial charge on any atom is 0.274 e. The first kappa shape index (κ1) is 24.4. The zero-order valence-corrected chi connectivity index (χ0v) is 20.3. The van der Waals surface area contributed by atoms with Crippen LogP contribution in [0.15, 0.2) is 53.3 Å². The fraction of sp³-hybridized carbons (Fsp3) is 0.423. The molecule has 0 spiro atoms. The highest BCUT2D eigenvalue weighted by atomic mass is 35.5. The molecule has 0 bridgehead atoms. The molecule has 180 valence electrons. The van der Waals surface area contributed by atoms with Crippen molar-refractivity contribution >= 4 is 28.3 Å². The highest BCUT2D eigenvalue weighted by Crippen LogP contribution is 2.21. The molecule has 34 heavy (non-hydrogen) atoms. The Bertz CT molecular complexity index is 1180. The Morgan fingerprint density at radius 3 is 2.71 bits per heavy atom. The third kappa shape index (κ3) is 6.03. The molecule has 0 saturated carbocycles. The second-order valence-electron chi connectivity index (χ2n) is 8.71. The molecular weight excluding hydrogens is 452 g/mol. The minimum atomic E-state index is -0.0600. The fourth-order valence-corrected chi connectivity index (χ4v) is 4.70. The second-order valence-corrected chi connectivity index (χ2v) is 9.14. The maximum absolute atomic E-state index is 13.3. The summed E-state index contributed by atoms with van der Waals surface area (Å²) in [6, 6.07) is 15.6. The van der Waals surface area contributed by atoms with Crippen molar-refractivity contribution in [1.82, 2.24) is 20.0 Å². The molecule has 1 aliphatic heterocycles. The van der Waals surface area contributed by atoms with Crippen LogP contribution in [0.1, 0.15) is 30.5 Å². The minimum absolute atomic E-state index is 0.00291. The molecule has 2 aromatic carbocycles. The highest BCUT2D eigenvalue weighted by molar-refractivity contribution is 6.30. The summed E-state index contributed by atoms with van der Waals surface area (Å²) in [7, 11) is 1.59. The first-order valence-electron chi connectivity index (χ1n) is 11.8. The Kier molecular flexibility index (Phi) is 8.32. The largest absolute Gasteiger partial charge is 0.384 e. The van der Waals surface area contributed by atoms with Crippen molar-refractivity contribution in [1.29, 1.82) is 0 Å². The SMILES string of the molecule is COCCC(=O)NCCN1CCCC1Cn1nc(Cc2ccc(Cl)cc2)c2ccccc2c1=O. The number of halogens is 1. The summed E-state index contributed by atoms with van der Waals surface area (Å²) in [5.41, 5.74) is 1.92. The number of amides is 1. The van der Waals surface area contributed by atoms with Crippen LogP contribution >= 0.6 is 11.6 Å². The van der Waals surface area contributed by atoms with Gasteiger partial charge in [-0.3, -0.25) is 14.5 Å². The number of ether oxygens (including phenoxy) is 1. The van der Waals surface area contributed by atoms with Crippen molar-refractivity contribution in [2.45, 2.75) is 38.3 Å².